The lowest BCUT2D eigenvalue weighted by molar-refractivity contribution is -0.150. The van der Waals surface area contributed by atoms with E-state index in [1.54, 1.807) is 0 Å². The van der Waals surface area contributed by atoms with Crippen LogP contribution in [0.1, 0.15) is 33.6 Å². The van der Waals surface area contributed by atoms with Crippen molar-refractivity contribution in [2.45, 2.75) is 39.2 Å². The predicted molar refractivity (Wildman–Crippen MR) is 79.4 cm³/mol. The molecule has 6 heteroatoms. The Labute approximate surface area is 121 Å². The van der Waals surface area contributed by atoms with E-state index in [4.69, 9.17) is 4.74 Å². The fourth-order valence-electron chi connectivity index (χ4n) is 1.79. The lowest BCUT2D eigenvalue weighted by atomic mass is 9.91. The van der Waals surface area contributed by atoms with Crippen LogP contribution in [0.3, 0.4) is 0 Å². The summed E-state index contributed by atoms with van der Waals surface area (Å²) in [6.45, 7) is 7.95. The van der Waals surface area contributed by atoms with Crippen molar-refractivity contribution in [1.82, 2.24) is 21.7 Å². The van der Waals surface area contributed by atoms with Crippen molar-refractivity contribution in [1.29, 1.82) is 0 Å². The summed E-state index contributed by atoms with van der Waals surface area (Å²) in [5, 5.41) is 0. The Hall–Kier alpha value is -1.37. The molecule has 0 saturated heterocycles. The zero-order valence-corrected chi connectivity index (χ0v) is 12.6. The molecule has 0 aliphatic heterocycles. The highest BCUT2D eigenvalue weighted by atomic mass is 16.5. The Morgan fingerprint density at radius 1 is 1.30 bits per heavy atom. The first-order chi connectivity index (χ1) is 9.68. The Kier molecular flexibility index (Phi) is 7.28. The molecule has 114 valence electrons. The van der Waals surface area contributed by atoms with Crippen molar-refractivity contribution in [2.24, 2.45) is 0 Å². The van der Waals surface area contributed by atoms with Gasteiger partial charge in [0.1, 0.15) is 0 Å². The standard InChI is InChI=1S/C14H26N4O2/c1-4-11-20-13(19)14(18-16-6-3)9-7-12(8-10-14)17-15-5-2/h7-9,15-18H,4-6,10-11H2,1-3H3. The van der Waals surface area contributed by atoms with E-state index in [0.29, 0.717) is 13.0 Å². The molecule has 0 saturated carbocycles. The topological polar surface area (TPSA) is 74.4 Å². The van der Waals surface area contributed by atoms with E-state index < -0.39 is 5.54 Å². The third kappa shape index (κ3) is 4.63. The second-order valence-electron chi connectivity index (χ2n) is 4.61. The number of hydrogen-bond acceptors (Lipinski definition) is 6. The van der Waals surface area contributed by atoms with E-state index in [0.717, 1.165) is 25.2 Å². The van der Waals surface area contributed by atoms with Gasteiger partial charge in [0, 0.05) is 25.2 Å². The fourth-order valence-corrected chi connectivity index (χ4v) is 1.79. The highest BCUT2D eigenvalue weighted by molar-refractivity contribution is 5.84. The van der Waals surface area contributed by atoms with Gasteiger partial charge in [-0.25, -0.2) is 15.6 Å². The van der Waals surface area contributed by atoms with Crippen molar-refractivity contribution in [3.8, 4) is 0 Å². The van der Waals surface area contributed by atoms with Crippen molar-refractivity contribution in [3.63, 3.8) is 0 Å². The number of esters is 1. The van der Waals surface area contributed by atoms with E-state index >= 15 is 0 Å². The van der Waals surface area contributed by atoms with Crippen molar-refractivity contribution >= 4 is 5.97 Å². The molecule has 0 amide bonds. The minimum absolute atomic E-state index is 0.254. The third-order valence-corrected chi connectivity index (χ3v) is 2.89. The van der Waals surface area contributed by atoms with Crippen LogP contribution in [0.25, 0.3) is 0 Å². The van der Waals surface area contributed by atoms with Crippen LogP contribution in [0.5, 0.6) is 0 Å². The zero-order valence-electron chi connectivity index (χ0n) is 12.6. The molecule has 6 nitrogen and oxygen atoms in total. The molecule has 1 aliphatic carbocycles. The molecule has 0 aromatic rings. The van der Waals surface area contributed by atoms with Crippen LogP contribution in [-0.4, -0.2) is 31.2 Å². The Bertz CT molecular complexity index is 368. The van der Waals surface area contributed by atoms with E-state index in [1.807, 2.05) is 39.0 Å². The summed E-state index contributed by atoms with van der Waals surface area (Å²) in [7, 11) is 0. The first-order valence-electron chi connectivity index (χ1n) is 7.24. The van der Waals surface area contributed by atoms with Crippen LogP contribution in [-0.2, 0) is 9.53 Å². The van der Waals surface area contributed by atoms with Crippen molar-refractivity contribution in [3.05, 3.63) is 23.9 Å². The minimum Gasteiger partial charge on any atom is -0.464 e. The molecule has 0 spiro atoms. The molecule has 0 aromatic heterocycles. The number of hydrazine groups is 2. The van der Waals surface area contributed by atoms with Gasteiger partial charge in [-0.2, -0.15) is 0 Å². The Morgan fingerprint density at radius 2 is 2.05 bits per heavy atom. The zero-order chi connectivity index (χ0) is 14.8. The van der Waals surface area contributed by atoms with Crippen LogP contribution in [0.4, 0.5) is 0 Å². The molecular formula is C14H26N4O2. The van der Waals surface area contributed by atoms with Gasteiger partial charge in [-0.1, -0.05) is 26.8 Å². The summed E-state index contributed by atoms with van der Waals surface area (Å²) in [5.41, 5.74) is 12.3. The highest BCUT2D eigenvalue weighted by Crippen LogP contribution is 2.21. The molecule has 0 fully saturated rings. The third-order valence-electron chi connectivity index (χ3n) is 2.89. The molecule has 1 unspecified atom stereocenters. The van der Waals surface area contributed by atoms with E-state index in [-0.39, 0.29) is 5.97 Å². The molecule has 1 atom stereocenters. The van der Waals surface area contributed by atoms with Gasteiger partial charge in [0.15, 0.2) is 5.54 Å². The SMILES string of the molecule is CCCOC(=O)C1(NNCC)C=CC(NNCC)=CC1. The highest BCUT2D eigenvalue weighted by Gasteiger charge is 2.37. The smallest absolute Gasteiger partial charge is 0.331 e. The molecule has 0 radical (unpaired) electrons. The number of carbonyl (C=O) groups is 1. The molecule has 0 bridgehead atoms. The fraction of sp³-hybridized carbons (Fsp3) is 0.643. The second kappa shape index (κ2) is 8.73. The monoisotopic (exact) mass is 282 g/mol. The van der Waals surface area contributed by atoms with Gasteiger partial charge in [0.2, 0.25) is 0 Å². The van der Waals surface area contributed by atoms with Crippen molar-refractivity contribution in [2.75, 3.05) is 19.7 Å². The number of ether oxygens (including phenoxy) is 1. The first-order valence-corrected chi connectivity index (χ1v) is 7.24. The summed E-state index contributed by atoms with van der Waals surface area (Å²) in [5.74, 6) is -0.254. The minimum atomic E-state index is -0.831. The van der Waals surface area contributed by atoms with E-state index in [1.165, 1.54) is 0 Å². The molecule has 1 aliphatic rings. The van der Waals surface area contributed by atoms with E-state index in [2.05, 4.69) is 21.7 Å². The van der Waals surface area contributed by atoms with Gasteiger partial charge in [0.25, 0.3) is 0 Å². The van der Waals surface area contributed by atoms with Crippen LogP contribution in [0.15, 0.2) is 23.9 Å². The van der Waals surface area contributed by atoms with Gasteiger partial charge < -0.3 is 10.2 Å². The molecule has 1 rings (SSSR count). The summed E-state index contributed by atoms with van der Waals surface area (Å²) < 4.78 is 5.29. The molecular weight excluding hydrogens is 256 g/mol. The van der Waals surface area contributed by atoms with Crippen LogP contribution in [0, 0.1) is 0 Å². The number of rotatable bonds is 9. The average Bonchev–Trinajstić information content (AvgIpc) is 2.49. The molecule has 0 heterocycles. The maximum Gasteiger partial charge on any atom is 0.331 e. The maximum atomic E-state index is 12.3. The maximum absolute atomic E-state index is 12.3. The summed E-state index contributed by atoms with van der Waals surface area (Å²) in [4.78, 5) is 12.3. The van der Waals surface area contributed by atoms with Gasteiger partial charge in [-0.05, 0) is 18.6 Å². The quantitative estimate of drug-likeness (QED) is 0.369. The number of allylic oxidation sites excluding steroid dienone is 1. The molecule has 20 heavy (non-hydrogen) atoms. The lowest BCUT2D eigenvalue weighted by Gasteiger charge is -2.31. The molecule has 4 N–H and O–H groups in total. The van der Waals surface area contributed by atoms with Gasteiger partial charge in [-0.3, -0.25) is 5.43 Å². The van der Waals surface area contributed by atoms with Crippen LogP contribution < -0.4 is 21.7 Å². The lowest BCUT2D eigenvalue weighted by Crippen LogP contribution is -2.57. The predicted octanol–water partition coefficient (Wildman–Crippen LogP) is 0.750. The van der Waals surface area contributed by atoms with Crippen LogP contribution >= 0.6 is 0 Å². The largest absolute Gasteiger partial charge is 0.464 e. The van der Waals surface area contributed by atoms with Crippen molar-refractivity contribution < 1.29 is 9.53 Å². The number of nitrogens with one attached hydrogen (secondary N) is 4. The Balaban J connectivity index is 2.70. The first kappa shape index (κ1) is 16.7. The number of hydrogen-bond donors (Lipinski definition) is 4. The second-order valence-corrected chi connectivity index (χ2v) is 4.61. The summed E-state index contributed by atoms with van der Waals surface area (Å²) >= 11 is 0. The average molecular weight is 282 g/mol. The van der Waals surface area contributed by atoms with Gasteiger partial charge in [0.05, 0.1) is 6.61 Å². The normalized spacial score (nSPS) is 21.4. The summed E-state index contributed by atoms with van der Waals surface area (Å²) in [6.07, 6.45) is 7.04. The Morgan fingerprint density at radius 3 is 2.60 bits per heavy atom. The van der Waals surface area contributed by atoms with Gasteiger partial charge in [-0.15, -0.1) is 0 Å². The van der Waals surface area contributed by atoms with Crippen LogP contribution in [0.2, 0.25) is 0 Å². The number of carbonyl (C=O) groups excluding carboxylic acids is 1. The molecule has 0 aromatic carbocycles. The summed E-state index contributed by atoms with van der Waals surface area (Å²) in [6, 6.07) is 0. The van der Waals surface area contributed by atoms with Gasteiger partial charge >= 0.3 is 5.97 Å². The van der Waals surface area contributed by atoms with E-state index in [9.17, 15) is 4.79 Å².